The molecule has 67 valence electrons. The molecular formula is C9H13Br2Zr. The van der Waals surface area contributed by atoms with Gasteiger partial charge >= 0.3 is 26.2 Å². The van der Waals surface area contributed by atoms with Crippen LogP contribution >= 0.6 is 0 Å². The van der Waals surface area contributed by atoms with Crippen LogP contribution in [0.2, 0.25) is 0 Å². The van der Waals surface area contributed by atoms with Gasteiger partial charge in [0.15, 0.2) is 0 Å². The first-order valence-electron chi connectivity index (χ1n) is 3.69. The Morgan fingerprint density at radius 2 is 2.08 bits per heavy atom. The molecule has 12 heavy (non-hydrogen) atoms. The molecule has 0 unspecified atom stereocenters. The average molecular weight is 372 g/mol. The van der Waals surface area contributed by atoms with Crippen LogP contribution in [0.3, 0.4) is 0 Å². The minimum absolute atomic E-state index is 0. The standard InChI is InChI=1S/C9H13.2BrH.Zr/c1-2-3-6-9-7-4-5-8-9;;;/h4,7H,2-3,5-6H2,1H3;2*1H;/q-1;;;+3/p-2. The van der Waals surface area contributed by atoms with Gasteiger partial charge in [-0.05, 0) is 0 Å². The van der Waals surface area contributed by atoms with Crippen molar-refractivity contribution in [1.29, 1.82) is 0 Å². The van der Waals surface area contributed by atoms with Gasteiger partial charge in [0.25, 0.3) is 0 Å². The maximum absolute atomic E-state index is 3.30. The molecule has 0 saturated carbocycles. The first-order valence-corrected chi connectivity index (χ1v) is 3.69. The fraction of sp³-hybridized carbons (Fsp3) is 0.556. The third-order valence-electron chi connectivity index (χ3n) is 1.57. The Balaban J connectivity index is -0.000000270. The van der Waals surface area contributed by atoms with Gasteiger partial charge in [0.1, 0.15) is 0 Å². The van der Waals surface area contributed by atoms with Crippen LogP contribution in [0, 0.1) is 6.08 Å². The first kappa shape index (κ1) is 19.0. The van der Waals surface area contributed by atoms with Crippen molar-refractivity contribution in [1.82, 2.24) is 0 Å². The van der Waals surface area contributed by atoms with E-state index in [-0.39, 0.29) is 60.2 Å². The van der Waals surface area contributed by atoms with Crippen molar-refractivity contribution >= 4 is 0 Å². The third kappa shape index (κ3) is 7.95. The number of allylic oxidation sites excluding steroid dienone is 4. The Labute approximate surface area is 116 Å². The van der Waals surface area contributed by atoms with Crippen LogP contribution in [0.15, 0.2) is 17.7 Å². The molecule has 0 spiro atoms. The molecule has 0 amide bonds. The summed E-state index contributed by atoms with van der Waals surface area (Å²) >= 11 is 0. The molecule has 0 aromatic rings. The molecule has 0 bridgehead atoms. The van der Waals surface area contributed by atoms with E-state index >= 15 is 0 Å². The van der Waals surface area contributed by atoms with Crippen molar-refractivity contribution in [3.63, 3.8) is 0 Å². The molecule has 1 radical (unpaired) electrons. The van der Waals surface area contributed by atoms with Crippen LogP contribution in [0.1, 0.15) is 32.6 Å². The molecule has 0 fully saturated rings. The summed E-state index contributed by atoms with van der Waals surface area (Å²) in [6, 6.07) is 0. The van der Waals surface area contributed by atoms with Gasteiger partial charge in [-0.3, -0.25) is 6.08 Å². The summed E-state index contributed by atoms with van der Waals surface area (Å²) in [6.45, 7) is 2.22. The van der Waals surface area contributed by atoms with Crippen molar-refractivity contribution < 1.29 is 60.2 Å². The second-order valence-electron chi connectivity index (χ2n) is 2.41. The summed E-state index contributed by atoms with van der Waals surface area (Å²) < 4.78 is 0. The molecule has 0 aliphatic heterocycles. The van der Waals surface area contributed by atoms with E-state index < -0.39 is 0 Å². The molecule has 0 aromatic heterocycles. The van der Waals surface area contributed by atoms with Gasteiger partial charge in [-0.15, -0.1) is 6.42 Å². The fourth-order valence-electron chi connectivity index (χ4n) is 0.989. The van der Waals surface area contributed by atoms with Gasteiger partial charge in [0.05, 0.1) is 0 Å². The van der Waals surface area contributed by atoms with Crippen LogP contribution in [-0.2, 0) is 26.2 Å². The van der Waals surface area contributed by atoms with Gasteiger partial charge in [-0.2, -0.15) is 6.08 Å². The van der Waals surface area contributed by atoms with E-state index in [2.05, 4.69) is 25.2 Å². The second kappa shape index (κ2) is 12.3. The van der Waals surface area contributed by atoms with Crippen LogP contribution in [0.5, 0.6) is 0 Å². The number of rotatable bonds is 3. The van der Waals surface area contributed by atoms with Crippen molar-refractivity contribution in [2.75, 3.05) is 0 Å². The number of halogens is 2. The zero-order chi connectivity index (χ0) is 6.53. The Morgan fingerprint density at radius 1 is 1.42 bits per heavy atom. The van der Waals surface area contributed by atoms with E-state index in [0.717, 1.165) is 6.42 Å². The molecule has 3 heteroatoms. The maximum Gasteiger partial charge on any atom is 3.00 e. The van der Waals surface area contributed by atoms with Gasteiger partial charge in [0, 0.05) is 0 Å². The van der Waals surface area contributed by atoms with E-state index in [1.54, 1.807) is 0 Å². The average Bonchev–Trinajstić information content (AvgIpc) is 2.34. The predicted molar refractivity (Wildman–Crippen MR) is 40.0 cm³/mol. The second-order valence-corrected chi connectivity index (χ2v) is 2.41. The number of hydrogen-bond donors (Lipinski definition) is 0. The smallest absolute Gasteiger partial charge is 1.00 e. The molecule has 0 atom stereocenters. The van der Waals surface area contributed by atoms with Gasteiger partial charge in [-0.1, -0.05) is 26.2 Å². The molecule has 1 aliphatic carbocycles. The van der Waals surface area contributed by atoms with Crippen molar-refractivity contribution in [3.8, 4) is 0 Å². The quantitative estimate of drug-likeness (QED) is 0.460. The van der Waals surface area contributed by atoms with Gasteiger partial charge in [0.2, 0.25) is 0 Å². The Hall–Kier alpha value is 1.32. The van der Waals surface area contributed by atoms with E-state index in [1.807, 2.05) is 0 Å². The van der Waals surface area contributed by atoms with E-state index in [1.165, 1.54) is 24.8 Å². The molecule has 0 nitrogen and oxygen atoms in total. The van der Waals surface area contributed by atoms with E-state index in [9.17, 15) is 0 Å². The summed E-state index contributed by atoms with van der Waals surface area (Å²) in [7, 11) is 0. The van der Waals surface area contributed by atoms with Crippen LogP contribution in [-0.4, -0.2) is 0 Å². The monoisotopic (exact) mass is 369 g/mol. The summed E-state index contributed by atoms with van der Waals surface area (Å²) in [5.74, 6) is 0. The first-order chi connectivity index (χ1) is 4.43. The fourth-order valence-corrected chi connectivity index (χ4v) is 0.989. The van der Waals surface area contributed by atoms with Gasteiger partial charge < -0.3 is 34.0 Å². The normalized spacial score (nSPS) is 12.2. The number of unbranched alkanes of at least 4 members (excludes halogenated alkanes) is 1. The minimum Gasteiger partial charge on any atom is -1.00 e. The predicted octanol–water partition coefficient (Wildman–Crippen LogP) is -3.13. The Morgan fingerprint density at radius 3 is 2.50 bits per heavy atom. The van der Waals surface area contributed by atoms with E-state index in [4.69, 9.17) is 0 Å². The zero-order valence-corrected chi connectivity index (χ0v) is 12.9. The third-order valence-corrected chi connectivity index (χ3v) is 1.57. The Kier molecular flexibility index (Phi) is 19.5. The van der Waals surface area contributed by atoms with Crippen molar-refractivity contribution in [2.24, 2.45) is 0 Å². The van der Waals surface area contributed by atoms with Gasteiger partial charge in [-0.25, -0.2) is 11.6 Å². The maximum atomic E-state index is 3.30. The molecule has 0 saturated heterocycles. The Bertz CT molecular complexity index is 141. The summed E-state index contributed by atoms with van der Waals surface area (Å²) in [5, 5.41) is 0. The van der Waals surface area contributed by atoms with Crippen LogP contribution < -0.4 is 34.0 Å². The molecule has 0 heterocycles. The molecule has 1 rings (SSSR count). The number of hydrogen-bond acceptors (Lipinski definition) is 0. The SMILES string of the molecule is CCCCC1=[C-]CC=C1.[Br-].[Br-].[Zr+3]. The molecule has 0 N–H and O–H groups in total. The van der Waals surface area contributed by atoms with Crippen LogP contribution in [0.4, 0.5) is 0 Å². The van der Waals surface area contributed by atoms with Crippen LogP contribution in [0.25, 0.3) is 0 Å². The largest absolute Gasteiger partial charge is 3.00 e. The van der Waals surface area contributed by atoms with Crippen molar-refractivity contribution in [2.45, 2.75) is 32.6 Å². The van der Waals surface area contributed by atoms with E-state index in [0.29, 0.717) is 0 Å². The topological polar surface area (TPSA) is 0 Å². The molecular weight excluding hydrogens is 359 g/mol. The van der Waals surface area contributed by atoms with Crippen molar-refractivity contribution in [3.05, 3.63) is 23.8 Å². The zero-order valence-electron chi connectivity index (χ0n) is 7.24. The summed E-state index contributed by atoms with van der Waals surface area (Å²) in [6.07, 6.45) is 12.5. The summed E-state index contributed by atoms with van der Waals surface area (Å²) in [5.41, 5.74) is 1.41. The molecule has 0 aromatic carbocycles. The minimum atomic E-state index is 0. The summed E-state index contributed by atoms with van der Waals surface area (Å²) in [4.78, 5) is 0. The molecule has 1 aliphatic rings.